The van der Waals surface area contributed by atoms with Crippen molar-refractivity contribution in [3.05, 3.63) is 64.9 Å². The Morgan fingerprint density at radius 1 is 1.00 bits per heavy atom. The van der Waals surface area contributed by atoms with Crippen LogP contribution in [-0.2, 0) is 6.54 Å². The third-order valence-corrected chi connectivity index (χ3v) is 6.90. The molecule has 0 radical (unpaired) electrons. The highest BCUT2D eigenvalue weighted by atomic mass is 32.1. The van der Waals surface area contributed by atoms with Gasteiger partial charge in [0.05, 0.1) is 21.8 Å². The van der Waals surface area contributed by atoms with E-state index in [1.807, 2.05) is 42.5 Å². The van der Waals surface area contributed by atoms with Gasteiger partial charge in [0.25, 0.3) is 0 Å². The third-order valence-electron chi connectivity index (χ3n) is 5.70. The van der Waals surface area contributed by atoms with Gasteiger partial charge < -0.3 is 11.1 Å². The molecule has 0 atom stereocenters. The Labute approximate surface area is 185 Å². The topological polar surface area (TPSA) is 92.8 Å². The zero-order valence-corrected chi connectivity index (χ0v) is 18.3. The number of para-hydroxylation sites is 2. The number of nitrogens with one attached hydrogen (secondary N) is 1. The molecule has 1 saturated heterocycles. The van der Waals surface area contributed by atoms with E-state index in [9.17, 15) is 0 Å². The Kier molecular flexibility index (Phi) is 5.48. The maximum absolute atomic E-state index is 5.96. The number of thiazole rings is 1. The fraction of sp³-hybridized carbons (Fsp3) is 0.304. The normalized spacial score (nSPS) is 15.4. The first-order valence-corrected chi connectivity index (χ1v) is 11.4. The predicted octanol–water partition coefficient (Wildman–Crippen LogP) is 4.50. The molecule has 1 aliphatic heterocycles. The molecule has 4 aromatic rings. The molecule has 0 unspecified atom stereocenters. The number of anilines is 3. The number of benzene rings is 2. The lowest BCUT2D eigenvalue weighted by Crippen LogP contribution is -2.33. The summed E-state index contributed by atoms with van der Waals surface area (Å²) < 4.78 is 1.27. The van der Waals surface area contributed by atoms with Crippen molar-refractivity contribution in [2.75, 3.05) is 24.1 Å². The van der Waals surface area contributed by atoms with Gasteiger partial charge in [-0.3, -0.25) is 4.90 Å². The number of nitrogens with two attached hydrogens (primary N) is 1. The van der Waals surface area contributed by atoms with Crippen molar-refractivity contribution in [2.45, 2.75) is 32.2 Å². The highest BCUT2D eigenvalue weighted by Gasteiger charge is 2.24. The fourth-order valence-electron chi connectivity index (χ4n) is 4.00. The number of rotatable bonds is 5. The van der Waals surface area contributed by atoms with Crippen molar-refractivity contribution in [2.24, 2.45) is 0 Å². The maximum Gasteiger partial charge on any atom is 0.232 e. The van der Waals surface area contributed by atoms with Crippen LogP contribution in [0.5, 0.6) is 0 Å². The Hall–Kier alpha value is -3.10. The van der Waals surface area contributed by atoms with Gasteiger partial charge in [-0.2, -0.15) is 15.0 Å². The summed E-state index contributed by atoms with van der Waals surface area (Å²) in [6.07, 6.45) is 2.18. The van der Waals surface area contributed by atoms with Gasteiger partial charge in [0, 0.05) is 11.6 Å². The molecule has 0 amide bonds. The lowest BCUT2D eigenvalue weighted by atomic mass is 9.97. The Bertz CT molecular complexity index is 1160. The molecule has 5 rings (SSSR count). The number of aryl methyl sites for hydroxylation is 1. The first kappa shape index (κ1) is 19.8. The van der Waals surface area contributed by atoms with Crippen LogP contribution in [0.25, 0.3) is 10.2 Å². The summed E-state index contributed by atoms with van der Waals surface area (Å²) in [5.74, 6) is 1.95. The van der Waals surface area contributed by atoms with E-state index in [1.54, 1.807) is 0 Å². The van der Waals surface area contributed by atoms with E-state index in [-0.39, 0.29) is 5.95 Å². The number of fused-ring (bicyclic) bond motifs is 1. The molecule has 0 saturated carbocycles. The summed E-state index contributed by atoms with van der Waals surface area (Å²) in [7, 11) is 0. The third kappa shape index (κ3) is 4.50. The molecule has 2 aromatic carbocycles. The van der Waals surface area contributed by atoms with Crippen molar-refractivity contribution in [1.82, 2.24) is 24.8 Å². The zero-order valence-electron chi connectivity index (χ0n) is 17.5. The summed E-state index contributed by atoms with van der Waals surface area (Å²) in [6.45, 7) is 4.70. The number of hydrogen-bond acceptors (Lipinski definition) is 8. The molecule has 31 heavy (non-hydrogen) atoms. The largest absolute Gasteiger partial charge is 0.368 e. The number of aromatic nitrogens is 4. The summed E-state index contributed by atoms with van der Waals surface area (Å²) >= 11 is 1.83. The first-order valence-electron chi connectivity index (χ1n) is 10.5. The number of piperidine rings is 1. The highest BCUT2D eigenvalue weighted by molar-refractivity contribution is 7.18. The summed E-state index contributed by atoms with van der Waals surface area (Å²) in [5.41, 5.74) is 9.17. The first-order chi connectivity index (χ1) is 15.1. The van der Waals surface area contributed by atoms with E-state index < -0.39 is 0 Å². The SMILES string of the molecule is Cc1ccccc1Nc1nc(N)nc(CN2CCC(c3nc4ccccc4s3)CC2)n1. The second-order valence-electron chi connectivity index (χ2n) is 7.94. The highest BCUT2D eigenvalue weighted by Crippen LogP contribution is 2.34. The van der Waals surface area contributed by atoms with Crippen LogP contribution in [0.1, 0.15) is 35.2 Å². The van der Waals surface area contributed by atoms with Crippen molar-refractivity contribution < 1.29 is 0 Å². The van der Waals surface area contributed by atoms with Crippen molar-refractivity contribution in [1.29, 1.82) is 0 Å². The second kappa shape index (κ2) is 8.56. The van der Waals surface area contributed by atoms with Crippen LogP contribution in [0.2, 0.25) is 0 Å². The van der Waals surface area contributed by atoms with Gasteiger partial charge in [0.15, 0.2) is 0 Å². The van der Waals surface area contributed by atoms with Crippen LogP contribution in [0.4, 0.5) is 17.6 Å². The Morgan fingerprint density at radius 2 is 1.77 bits per heavy atom. The van der Waals surface area contributed by atoms with Crippen LogP contribution < -0.4 is 11.1 Å². The van der Waals surface area contributed by atoms with Gasteiger partial charge in [0.1, 0.15) is 5.82 Å². The van der Waals surface area contributed by atoms with Gasteiger partial charge in [-0.05, 0) is 56.6 Å². The van der Waals surface area contributed by atoms with Crippen molar-refractivity contribution in [3.8, 4) is 0 Å². The van der Waals surface area contributed by atoms with Gasteiger partial charge in [-0.25, -0.2) is 4.98 Å². The van der Waals surface area contributed by atoms with Crippen LogP contribution in [0.3, 0.4) is 0 Å². The average Bonchev–Trinajstić information content (AvgIpc) is 3.20. The molecule has 8 heteroatoms. The molecule has 3 heterocycles. The van der Waals surface area contributed by atoms with E-state index in [2.05, 4.69) is 49.4 Å². The molecule has 3 N–H and O–H groups in total. The molecular formula is C23H25N7S. The number of hydrogen-bond donors (Lipinski definition) is 2. The lowest BCUT2D eigenvalue weighted by molar-refractivity contribution is 0.200. The minimum atomic E-state index is 0.241. The number of nitrogen functional groups attached to an aromatic ring is 1. The van der Waals surface area contributed by atoms with E-state index in [1.165, 1.54) is 9.71 Å². The minimum Gasteiger partial charge on any atom is -0.368 e. The summed E-state index contributed by atoms with van der Waals surface area (Å²) in [5, 5.41) is 4.52. The summed E-state index contributed by atoms with van der Waals surface area (Å²) in [4.78, 5) is 20.5. The van der Waals surface area contributed by atoms with E-state index in [4.69, 9.17) is 10.7 Å². The summed E-state index contributed by atoms with van der Waals surface area (Å²) in [6, 6.07) is 16.4. The number of nitrogens with zero attached hydrogens (tertiary/aromatic N) is 5. The van der Waals surface area contributed by atoms with Crippen LogP contribution in [-0.4, -0.2) is 37.9 Å². The maximum atomic E-state index is 5.96. The predicted molar refractivity (Wildman–Crippen MR) is 126 cm³/mol. The van der Waals surface area contributed by atoms with E-state index in [0.29, 0.717) is 24.2 Å². The van der Waals surface area contributed by atoms with Crippen LogP contribution in [0.15, 0.2) is 48.5 Å². The smallest absolute Gasteiger partial charge is 0.232 e. The van der Waals surface area contributed by atoms with Crippen LogP contribution >= 0.6 is 11.3 Å². The van der Waals surface area contributed by atoms with Crippen LogP contribution in [0, 0.1) is 6.92 Å². The van der Waals surface area contributed by atoms with Crippen molar-refractivity contribution in [3.63, 3.8) is 0 Å². The van der Waals surface area contributed by atoms with Gasteiger partial charge in [-0.1, -0.05) is 30.3 Å². The van der Waals surface area contributed by atoms with Gasteiger partial charge in [0.2, 0.25) is 11.9 Å². The standard InChI is InChI=1S/C23H25N7S/c1-15-6-2-3-7-17(15)26-23-28-20(27-22(24)29-23)14-30-12-10-16(11-13-30)21-25-18-8-4-5-9-19(18)31-21/h2-9,16H,10-14H2,1H3,(H3,24,26,27,28,29). The zero-order chi connectivity index (χ0) is 21.2. The fourth-order valence-corrected chi connectivity index (χ4v) is 5.14. The molecule has 0 bridgehead atoms. The second-order valence-corrected chi connectivity index (χ2v) is 9.01. The van der Waals surface area contributed by atoms with Gasteiger partial charge in [-0.15, -0.1) is 11.3 Å². The molecule has 7 nitrogen and oxygen atoms in total. The monoisotopic (exact) mass is 431 g/mol. The molecular weight excluding hydrogens is 406 g/mol. The molecule has 2 aromatic heterocycles. The molecule has 1 fully saturated rings. The number of likely N-dealkylation sites (tertiary alicyclic amines) is 1. The molecule has 158 valence electrons. The van der Waals surface area contributed by atoms with Crippen molar-refractivity contribution >= 4 is 39.1 Å². The lowest BCUT2D eigenvalue weighted by Gasteiger charge is -2.30. The molecule has 0 aliphatic carbocycles. The van der Waals surface area contributed by atoms with E-state index >= 15 is 0 Å². The quantitative estimate of drug-likeness (QED) is 0.481. The molecule has 1 aliphatic rings. The average molecular weight is 432 g/mol. The minimum absolute atomic E-state index is 0.241. The van der Waals surface area contributed by atoms with E-state index in [0.717, 1.165) is 42.7 Å². The molecule has 0 spiro atoms. The van der Waals surface area contributed by atoms with Gasteiger partial charge >= 0.3 is 0 Å². The Balaban J connectivity index is 1.24. The Morgan fingerprint density at radius 3 is 2.58 bits per heavy atom.